The monoisotopic (exact) mass is 447 g/mol. The van der Waals surface area contributed by atoms with Crippen molar-refractivity contribution in [2.75, 3.05) is 18.0 Å². The molecule has 1 unspecified atom stereocenters. The molecule has 31 heavy (non-hydrogen) atoms. The molecule has 1 atom stereocenters. The van der Waals surface area contributed by atoms with Crippen molar-refractivity contribution in [3.8, 4) is 11.1 Å². The minimum Gasteiger partial charge on any atom is -0.355 e. The van der Waals surface area contributed by atoms with Gasteiger partial charge in [0, 0.05) is 25.3 Å². The van der Waals surface area contributed by atoms with Crippen molar-refractivity contribution >= 4 is 15.8 Å². The molecule has 1 aliphatic rings. The van der Waals surface area contributed by atoms with Gasteiger partial charge in [0.2, 0.25) is 10.0 Å². The standard InChI is InChI=1S/C22H20F3N3O2S/c23-22(24,25)18-9-10-21(26-14-18)28-12-11-19(15-28)27-31(29,30)20-8-4-7-17(13-20)16-5-2-1-3-6-16/h1-10,13-14,19,27H,11-12,15H2. The molecule has 3 aromatic rings. The van der Waals surface area contributed by atoms with E-state index in [0.29, 0.717) is 25.3 Å². The van der Waals surface area contributed by atoms with Crippen LogP contribution in [0.4, 0.5) is 19.0 Å². The van der Waals surface area contributed by atoms with E-state index >= 15 is 0 Å². The predicted octanol–water partition coefficient (Wildman–Crippen LogP) is 4.32. The van der Waals surface area contributed by atoms with Crippen LogP contribution in [0.2, 0.25) is 0 Å². The van der Waals surface area contributed by atoms with Crippen LogP contribution in [0.15, 0.2) is 77.8 Å². The summed E-state index contributed by atoms with van der Waals surface area (Å²) in [7, 11) is -3.75. The van der Waals surface area contributed by atoms with Crippen LogP contribution in [0.5, 0.6) is 0 Å². The number of hydrogen-bond donors (Lipinski definition) is 1. The quantitative estimate of drug-likeness (QED) is 0.633. The fraction of sp³-hybridized carbons (Fsp3) is 0.227. The predicted molar refractivity (Wildman–Crippen MR) is 112 cm³/mol. The van der Waals surface area contributed by atoms with E-state index in [1.165, 1.54) is 6.07 Å². The van der Waals surface area contributed by atoms with Crippen molar-refractivity contribution in [1.82, 2.24) is 9.71 Å². The third-order valence-electron chi connectivity index (χ3n) is 5.16. The van der Waals surface area contributed by atoms with Crippen LogP contribution in [0.1, 0.15) is 12.0 Å². The van der Waals surface area contributed by atoms with Crippen LogP contribution in [0.3, 0.4) is 0 Å². The van der Waals surface area contributed by atoms with Gasteiger partial charge in [0.25, 0.3) is 0 Å². The van der Waals surface area contributed by atoms with Crippen LogP contribution < -0.4 is 9.62 Å². The average Bonchev–Trinajstić information content (AvgIpc) is 3.22. The summed E-state index contributed by atoms with van der Waals surface area (Å²) in [5.41, 5.74) is 0.899. The van der Waals surface area contributed by atoms with E-state index in [-0.39, 0.29) is 10.9 Å². The Labute approximate surface area is 178 Å². The number of benzene rings is 2. The molecule has 9 heteroatoms. The van der Waals surface area contributed by atoms with Crippen molar-refractivity contribution < 1.29 is 21.6 Å². The molecule has 1 aliphatic heterocycles. The zero-order valence-electron chi connectivity index (χ0n) is 16.4. The average molecular weight is 447 g/mol. The van der Waals surface area contributed by atoms with Crippen LogP contribution in [-0.4, -0.2) is 32.5 Å². The first-order valence-electron chi connectivity index (χ1n) is 9.68. The number of sulfonamides is 1. The highest BCUT2D eigenvalue weighted by Gasteiger charge is 2.32. The highest BCUT2D eigenvalue weighted by atomic mass is 32.2. The van der Waals surface area contributed by atoms with Gasteiger partial charge in [-0.05, 0) is 41.8 Å². The highest BCUT2D eigenvalue weighted by molar-refractivity contribution is 7.89. The number of anilines is 1. The lowest BCUT2D eigenvalue weighted by atomic mass is 10.1. The van der Waals surface area contributed by atoms with E-state index in [0.717, 1.165) is 23.4 Å². The van der Waals surface area contributed by atoms with Crippen LogP contribution in [-0.2, 0) is 16.2 Å². The van der Waals surface area contributed by atoms with Gasteiger partial charge in [-0.15, -0.1) is 0 Å². The van der Waals surface area contributed by atoms with E-state index in [9.17, 15) is 21.6 Å². The SMILES string of the molecule is O=S(=O)(NC1CCN(c2ccc(C(F)(F)F)cn2)C1)c1cccc(-c2ccccc2)c1. The molecule has 1 saturated heterocycles. The van der Waals surface area contributed by atoms with E-state index in [1.54, 1.807) is 23.1 Å². The summed E-state index contributed by atoms with van der Waals surface area (Å²) < 4.78 is 66.6. The normalized spacial score (nSPS) is 17.1. The zero-order chi connectivity index (χ0) is 22.1. The van der Waals surface area contributed by atoms with Gasteiger partial charge in [-0.3, -0.25) is 0 Å². The molecule has 1 aromatic heterocycles. The molecule has 0 aliphatic carbocycles. The number of aromatic nitrogens is 1. The minimum absolute atomic E-state index is 0.167. The maximum Gasteiger partial charge on any atom is 0.417 e. The molecular weight excluding hydrogens is 427 g/mol. The van der Waals surface area contributed by atoms with E-state index in [2.05, 4.69) is 9.71 Å². The Balaban J connectivity index is 1.45. The maximum atomic E-state index is 12.9. The number of rotatable bonds is 5. The van der Waals surface area contributed by atoms with Crippen LogP contribution >= 0.6 is 0 Å². The molecule has 0 saturated carbocycles. The number of nitrogens with zero attached hydrogens (tertiary/aromatic N) is 2. The molecule has 4 rings (SSSR count). The topological polar surface area (TPSA) is 62.3 Å². The molecule has 1 N–H and O–H groups in total. The molecule has 1 fully saturated rings. The lowest BCUT2D eigenvalue weighted by Gasteiger charge is -2.18. The van der Waals surface area contributed by atoms with E-state index in [4.69, 9.17) is 0 Å². The maximum absolute atomic E-state index is 12.9. The highest BCUT2D eigenvalue weighted by Crippen LogP contribution is 2.30. The summed E-state index contributed by atoms with van der Waals surface area (Å²) in [6.45, 7) is 0.825. The van der Waals surface area contributed by atoms with Gasteiger partial charge in [-0.2, -0.15) is 13.2 Å². The third-order valence-corrected chi connectivity index (χ3v) is 6.68. The number of hydrogen-bond acceptors (Lipinski definition) is 4. The number of nitrogens with one attached hydrogen (secondary N) is 1. The number of halogens is 3. The summed E-state index contributed by atoms with van der Waals surface area (Å²) in [5, 5.41) is 0. The van der Waals surface area contributed by atoms with Crippen LogP contribution in [0, 0.1) is 0 Å². The number of pyridine rings is 1. The molecule has 2 aromatic carbocycles. The fourth-order valence-electron chi connectivity index (χ4n) is 3.57. The second-order valence-electron chi connectivity index (χ2n) is 7.35. The Morgan fingerprint density at radius 2 is 1.71 bits per heavy atom. The smallest absolute Gasteiger partial charge is 0.355 e. The van der Waals surface area contributed by atoms with Crippen molar-refractivity contribution in [1.29, 1.82) is 0 Å². The molecule has 5 nitrogen and oxygen atoms in total. The van der Waals surface area contributed by atoms with Crippen molar-refractivity contribution in [3.05, 3.63) is 78.5 Å². The van der Waals surface area contributed by atoms with Gasteiger partial charge in [-0.25, -0.2) is 18.1 Å². The van der Waals surface area contributed by atoms with E-state index in [1.807, 2.05) is 36.4 Å². The first-order valence-corrected chi connectivity index (χ1v) is 11.2. The number of alkyl halides is 3. The second kappa shape index (κ2) is 8.32. The summed E-state index contributed by atoms with van der Waals surface area (Å²) in [6.07, 6.45) is -3.12. The third kappa shape index (κ3) is 4.88. The van der Waals surface area contributed by atoms with Crippen LogP contribution in [0.25, 0.3) is 11.1 Å². The van der Waals surface area contributed by atoms with Crippen molar-refractivity contribution in [3.63, 3.8) is 0 Å². The largest absolute Gasteiger partial charge is 0.417 e. The molecular formula is C22H20F3N3O2S. The van der Waals surface area contributed by atoms with Gasteiger partial charge in [0.15, 0.2) is 0 Å². The van der Waals surface area contributed by atoms with Gasteiger partial charge >= 0.3 is 6.18 Å². The van der Waals surface area contributed by atoms with E-state index < -0.39 is 21.8 Å². The van der Waals surface area contributed by atoms with Gasteiger partial charge in [0.1, 0.15) is 5.82 Å². The first kappa shape index (κ1) is 21.3. The molecule has 2 heterocycles. The summed E-state index contributed by atoms with van der Waals surface area (Å²) in [4.78, 5) is 5.83. The Morgan fingerprint density at radius 3 is 2.39 bits per heavy atom. The van der Waals surface area contributed by atoms with Gasteiger partial charge in [-0.1, -0.05) is 42.5 Å². The summed E-state index contributed by atoms with van der Waals surface area (Å²) >= 11 is 0. The van der Waals surface area contributed by atoms with Gasteiger partial charge in [0.05, 0.1) is 10.5 Å². The molecule has 162 valence electrons. The van der Waals surface area contributed by atoms with Crippen molar-refractivity contribution in [2.45, 2.75) is 23.5 Å². The Kier molecular flexibility index (Phi) is 5.72. The second-order valence-corrected chi connectivity index (χ2v) is 9.06. The molecule has 0 bridgehead atoms. The molecule has 0 spiro atoms. The first-order chi connectivity index (χ1) is 14.7. The minimum atomic E-state index is -4.44. The Hall–Kier alpha value is -2.91. The zero-order valence-corrected chi connectivity index (χ0v) is 17.2. The Bertz CT molecular complexity index is 1150. The lowest BCUT2D eigenvalue weighted by Crippen LogP contribution is -2.37. The fourth-order valence-corrected chi connectivity index (χ4v) is 4.87. The van der Waals surface area contributed by atoms with Gasteiger partial charge < -0.3 is 4.90 Å². The molecule has 0 radical (unpaired) electrons. The molecule has 0 amide bonds. The van der Waals surface area contributed by atoms with Crippen molar-refractivity contribution in [2.24, 2.45) is 0 Å². The Morgan fingerprint density at radius 1 is 0.968 bits per heavy atom. The summed E-state index contributed by atoms with van der Waals surface area (Å²) in [6, 6.07) is 18.1. The lowest BCUT2D eigenvalue weighted by molar-refractivity contribution is -0.137. The summed E-state index contributed by atoms with van der Waals surface area (Å²) in [5.74, 6) is 0.390.